The first kappa shape index (κ1) is 28.5. The molecule has 8 nitrogen and oxygen atoms in total. The summed E-state index contributed by atoms with van der Waals surface area (Å²) < 4.78 is 16.4. The summed E-state index contributed by atoms with van der Waals surface area (Å²) in [5.41, 5.74) is 3.74. The molecule has 0 bridgehead atoms. The van der Waals surface area contributed by atoms with Crippen LogP contribution in [-0.2, 0) is 16.0 Å². The lowest BCUT2D eigenvalue weighted by molar-refractivity contribution is -0.143. The number of nitrogens with zero attached hydrogens (tertiary/aromatic N) is 2. The van der Waals surface area contributed by atoms with E-state index in [0.717, 1.165) is 36.1 Å². The third kappa shape index (κ3) is 6.03. The predicted molar refractivity (Wildman–Crippen MR) is 157 cm³/mol. The maximum atomic E-state index is 14.0. The molecule has 8 heteroatoms. The van der Waals surface area contributed by atoms with Gasteiger partial charge in [-0.3, -0.25) is 14.5 Å². The minimum atomic E-state index is -0.901. The second-order valence-corrected chi connectivity index (χ2v) is 10.7. The molecule has 2 heterocycles. The van der Waals surface area contributed by atoms with E-state index in [1.54, 1.807) is 7.11 Å². The van der Waals surface area contributed by atoms with E-state index >= 15 is 0 Å². The molecule has 3 aromatic carbocycles. The number of fused-ring (bicyclic) bond motifs is 1. The van der Waals surface area contributed by atoms with Gasteiger partial charge in [0.25, 0.3) is 0 Å². The lowest BCUT2D eigenvalue weighted by Crippen LogP contribution is -2.41. The number of rotatable bonds is 11. The molecule has 41 heavy (non-hydrogen) atoms. The maximum absolute atomic E-state index is 14.0. The van der Waals surface area contributed by atoms with E-state index in [9.17, 15) is 14.7 Å². The number of aliphatic carboxylic acids is 1. The molecule has 3 unspecified atom stereocenters. The first-order valence-corrected chi connectivity index (χ1v) is 14.3. The Bertz CT molecular complexity index is 1370. The van der Waals surface area contributed by atoms with E-state index in [-0.39, 0.29) is 25.2 Å². The lowest BCUT2D eigenvalue weighted by atomic mass is 9.82. The van der Waals surface area contributed by atoms with Gasteiger partial charge in [-0.05, 0) is 65.9 Å². The fourth-order valence-corrected chi connectivity index (χ4v) is 5.99. The summed E-state index contributed by atoms with van der Waals surface area (Å²) in [5.74, 6) is -0.113. The van der Waals surface area contributed by atoms with Gasteiger partial charge in [0, 0.05) is 30.7 Å². The van der Waals surface area contributed by atoms with E-state index in [2.05, 4.69) is 26.0 Å². The first-order valence-electron chi connectivity index (χ1n) is 14.3. The number of aryl methyl sites for hydroxylation is 1. The van der Waals surface area contributed by atoms with E-state index < -0.39 is 17.9 Å². The van der Waals surface area contributed by atoms with Crippen molar-refractivity contribution >= 4 is 17.6 Å². The average Bonchev–Trinajstić information content (AvgIpc) is 3.62. The number of ether oxygens (including phenoxy) is 3. The molecule has 0 aromatic heterocycles. The van der Waals surface area contributed by atoms with Crippen LogP contribution in [-0.4, -0.2) is 55.4 Å². The molecule has 1 fully saturated rings. The zero-order chi connectivity index (χ0) is 28.9. The van der Waals surface area contributed by atoms with Gasteiger partial charge in [-0.1, -0.05) is 50.6 Å². The Balaban J connectivity index is 1.51. The number of likely N-dealkylation sites (tertiary alicyclic amines) is 1. The monoisotopic (exact) mass is 558 g/mol. The molecular weight excluding hydrogens is 520 g/mol. The highest BCUT2D eigenvalue weighted by atomic mass is 16.7. The van der Waals surface area contributed by atoms with Crippen molar-refractivity contribution in [1.29, 1.82) is 0 Å². The van der Waals surface area contributed by atoms with Crippen molar-refractivity contribution < 1.29 is 28.9 Å². The number of carboxylic acid groups (broad SMARTS) is 1. The normalized spacial score (nSPS) is 19.7. The molecule has 1 amide bonds. The molecule has 2 aliphatic heterocycles. The molecule has 3 atom stereocenters. The second kappa shape index (κ2) is 12.6. The van der Waals surface area contributed by atoms with Crippen molar-refractivity contribution in [2.75, 3.05) is 38.4 Å². The van der Waals surface area contributed by atoms with Crippen molar-refractivity contribution in [2.45, 2.75) is 45.1 Å². The Hall–Kier alpha value is -4.04. The highest BCUT2D eigenvalue weighted by Gasteiger charge is 2.48. The topological polar surface area (TPSA) is 88.5 Å². The van der Waals surface area contributed by atoms with Crippen molar-refractivity contribution in [2.24, 2.45) is 5.92 Å². The maximum Gasteiger partial charge on any atom is 0.309 e. The number of methoxy groups -OCH3 is 1. The fourth-order valence-electron chi connectivity index (χ4n) is 5.99. The van der Waals surface area contributed by atoms with Gasteiger partial charge in [-0.2, -0.15) is 0 Å². The first-order chi connectivity index (χ1) is 19.9. The summed E-state index contributed by atoms with van der Waals surface area (Å²) in [6.07, 6.45) is 2.72. The molecule has 3 aromatic rings. The summed E-state index contributed by atoms with van der Waals surface area (Å²) in [4.78, 5) is 30.8. The van der Waals surface area contributed by atoms with Gasteiger partial charge in [0.15, 0.2) is 11.5 Å². The Kier molecular flexibility index (Phi) is 8.78. The summed E-state index contributed by atoms with van der Waals surface area (Å²) in [6, 6.07) is 20.7. The quantitative estimate of drug-likeness (QED) is 0.325. The smallest absolute Gasteiger partial charge is 0.309 e. The van der Waals surface area contributed by atoms with E-state index in [1.165, 1.54) is 5.56 Å². The zero-order valence-corrected chi connectivity index (χ0v) is 23.9. The van der Waals surface area contributed by atoms with Crippen LogP contribution in [0.4, 0.5) is 5.69 Å². The second-order valence-electron chi connectivity index (χ2n) is 10.7. The van der Waals surface area contributed by atoms with E-state index in [1.807, 2.05) is 64.4 Å². The zero-order valence-electron chi connectivity index (χ0n) is 23.9. The van der Waals surface area contributed by atoms with Gasteiger partial charge >= 0.3 is 5.97 Å². The Morgan fingerprint density at radius 3 is 2.46 bits per heavy atom. The van der Waals surface area contributed by atoms with Gasteiger partial charge in [0.1, 0.15) is 5.75 Å². The Morgan fingerprint density at radius 1 is 1.00 bits per heavy atom. The fraction of sp³-hybridized carbons (Fsp3) is 0.394. The van der Waals surface area contributed by atoms with E-state index in [0.29, 0.717) is 30.3 Å². The SMILES string of the molecule is CCCCN(C(=O)CN1CC(c2ccc3c(c2)OCO3)C(C(=O)O)C1c1ccc(OC)cc1)c1cccc(CC)c1. The average molecular weight is 559 g/mol. The molecule has 0 saturated carbocycles. The van der Waals surface area contributed by atoms with Crippen LogP contribution in [0, 0.1) is 5.92 Å². The van der Waals surface area contributed by atoms with Crippen molar-refractivity contribution in [1.82, 2.24) is 4.90 Å². The van der Waals surface area contributed by atoms with E-state index in [4.69, 9.17) is 14.2 Å². The van der Waals surface area contributed by atoms with Crippen LogP contribution in [0.25, 0.3) is 0 Å². The number of carbonyl (C=O) groups is 2. The number of hydrogen-bond acceptors (Lipinski definition) is 6. The van der Waals surface area contributed by atoms with Crippen molar-refractivity contribution in [3.05, 3.63) is 83.4 Å². The third-order valence-electron chi connectivity index (χ3n) is 8.17. The van der Waals surface area contributed by atoms with Gasteiger partial charge in [-0.25, -0.2) is 0 Å². The number of benzene rings is 3. The predicted octanol–water partition coefficient (Wildman–Crippen LogP) is 5.66. The van der Waals surface area contributed by atoms with Crippen LogP contribution in [0.2, 0.25) is 0 Å². The van der Waals surface area contributed by atoms with Gasteiger partial charge in [0.05, 0.1) is 19.6 Å². The van der Waals surface area contributed by atoms with Crippen LogP contribution in [0.5, 0.6) is 17.2 Å². The molecule has 0 radical (unpaired) electrons. The number of anilines is 1. The molecule has 2 aliphatic rings. The lowest BCUT2D eigenvalue weighted by Gasteiger charge is -2.30. The molecule has 1 saturated heterocycles. The molecule has 5 rings (SSSR count). The number of carboxylic acids is 1. The molecular formula is C33H38N2O6. The van der Waals surface area contributed by atoms with Gasteiger partial charge in [-0.15, -0.1) is 0 Å². The van der Waals surface area contributed by atoms with Crippen LogP contribution in [0.15, 0.2) is 66.7 Å². The summed E-state index contributed by atoms with van der Waals surface area (Å²) in [6.45, 7) is 5.48. The van der Waals surface area contributed by atoms with Crippen molar-refractivity contribution in [3.63, 3.8) is 0 Å². The number of amides is 1. The van der Waals surface area contributed by atoms with Crippen LogP contribution < -0.4 is 19.1 Å². The van der Waals surface area contributed by atoms with Gasteiger partial charge in [0.2, 0.25) is 12.7 Å². The largest absolute Gasteiger partial charge is 0.497 e. The van der Waals surface area contributed by atoms with Gasteiger partial charge < -0.3 is 24.2 Å². The highest BCUT2D eigenvalue weighted by molar-refractivity contribution is 5.95. The Labute approximate surface area is 241 Å². The number of carbonyl (C=O) groups excluding carboxylic acids is 1. The third-order valence-corrected chi connectivity index (χ3v) is 8.17. The number of hydrogen-bond donors (Lipinski definition) is 1. The van der Waals surface area contributed by atoms with Crippen molar-refractivity contribution in [3.8, 4) is 17.2 Å². The Morgan fingerprint density at radius 2 is 1.76 bits per heavy atom. The standard InChI is InChI=1S/C33H38N2O6/c1-4-6-16-35(25-9-7-8-22(5-2)17-25)30(36)20-34-19-27(24-12-15-28-29(18-24)41-21-40-28)31(33(37)38)32(34)23-10-13-26(39-3)14-11-23/h7-15,17-18,27,31-32H,4-6,16,19-21H2,1-3H3,(H,37,38). The highest BCUT2D eigenvalue weighted by Crippen LogP contribution is 2.48. The summed E-state index contributed by atoms with van der Waals surface area (Å²) >= 11 is 0. The van der Waals surface area contributed by atoms with Crippen LogP contribution >= 0.6 is 0 Å². The van der Waals surface area contributed by atoms with Crippen LogP contribution in [0.3, 0.4) is 0 Å². The summed E-state index contributed by atoms with van der Waals surface area (Å²) in [7, 11) is 1.60. The minimum absolute atomic E-state index is 0.0410. The molecule has 216 valence electrons. The molecule has 0 spiro atoms. The van der Waals surface area contributed by atoms with Crippen LogP contribution in [0.1, 0.15) is 55.3 Å². The molecule has 1 N–H and O–H groups in total. The summed E-state index contributed by atoms with van der Waals surface area (Å²) in [5, 5.41) is 10.6. The molecule has 0 aliphatic carbocycles. The minimum Gasteiger partial charge on any atom is -0.497 e. The number of unbranched alkanes of at least 4 members (excludes halogenated alkanes) is 1.